The van der Waals surface area contributed by atoms with E-state index in [4.69, 9.17) is 9.47 Å². The van der Waals surface area contributed by atoms with Crippen molar-refractivity contribution in [2.24, 2.45) is 5.10 Å². The summed E-state index contributed by atoms with van der Waals surface area (Å²) in [5.74, 6) is 0.508. The molecule has 0 heterocycles. The maximum atomic E-state index is 12.6. The molecule has 0 saturated carbocycles. The largest absolute Gasteiger partial charge is 0.497 e. The van der Waals surface area contributed by atoms with Crippen molar-refractivity contribution in [1.82, 2.24) is 4.83 Å². The highest BCUT2D eigenvalue weighted by molar-refractivity contribution is 7.92. The Bertz CT molecular complexity index is 1080. The minimum absolute atomic E-state index is 0.112. The molecule has 2 aromatic rings. The molecule has 0 spiro atoms. The molecule has 0 fully saturated rings. The van der Waals surface area contributed by atoms with E-state index in [2.05, 4.69) is 14.7 Å². The van der Waals surface area contributed by atoms with Crippen LogP contribution in [-0.2, 0) is 20.0 Å². The van der Waals surface area contributed by atoms with Gasteiger partial charge in [-0.1, -0.05) is 12.1 Å². The lowest BCUT2D eigenvalue weighted by molar-refractivity contribution is 0.392. The smallest absolute Gasteiger partial charge is 0.280 e. The Morgan fingerprint density at radius 3 is 2.14 bits per heavy atom. The van der Waals surface area contributed by atoms with E-state index in [-0.39, 0.29) is 10.6 Å². The van der Waals surface area contributed by atoms with Gasteiger partial charge in [0.15, 0.2) is 0 Å². The van der Waals surface area contributed by atoms with Crippen LogP contribution < -0.4 is 19.0 Å². The van der Waals surface area contributed by atoms with Crippen LogP contribution in [0.3, 0.4) is 0 Å². The van der Waals surface area contributed by atoms with Crippen LogP contribution in [0.5, 0.6) is 11.5 Å². The van der Waals surface area contributed by atoms with Crippen molar-refractivity contribution in [1.29, 1.82) is 0 Å². The Morgan fingerprint density at radius 1 is 0.964 bits per heavy atom. The Labute approximate surface area is 164 Å². The molecule has 2 aromatic carbocycles. The van der Waals surface area contributed by atoms with E-state index in [9.17, 15) is 16.8 Å². The fraction of sp³-hybridized carbons (Fsp3) is 0.235. The molecule has 0 amide bonds. The van der Waals surface area contributed by atoms with Crippen molar-refractivity contribution in [3.63, 3.8) is 0 Å². The molecule has 0 aliphatic rings. The van der Waals surface area contributed by atoms with Gasteiger partial charge in [-0.25, -0.2) is 8.42 Å². The quantitative estimate of drug-likeness (QED) is 0.489. The van der Waals surface area contributed by atoms with E-state index in [0.717, 1.165) is 6.26 Å². The summed E-state index contributed by atoms with van der Waals surface area (Å²) in [7, 11) is -4.59. The van der Waals surface area contributed by atoms with Gasteiger partial charge in [0.2, 0.25) is 10.0 Å². The van der Waals surface area contributed by atoms with Crippen molar-refractivity contribution in [3.8, 4) is 11.5 Å². The number of rotatable bonds is 8. The van der Waals surface area contributed by atoms with Crippen molar-refractivity contribution in [3.05, 3.63) is 48.0 Å². The van der Waals surface area contributed by atoms with Gasteiger partial charge in [-0.05, 0) is 36.8 Å². The predicted molar refractivity (Wildman–Crippen MR) is 107 cm³/mol. The zero-order valence-corrected chi connectivity index (χ0v) is 17.4. The lowest BCUT2D eigenvalue weighted by Crippen LogP contribution is -2.20. The highest BCUT2D eigenvalue weighted by atomic mass is 32.2. The molecule has 9 nitrogen and oxygen atoms in total. The minimum atomic E-state index is -4.01. The highest BCUT2D eigenvalue weighted by Crippen LogP contribution is 2.28. The van der Waals surface area contributed by atoms with E-state index in [1.807, 2.05) is 0 Å². The third-order valence-corrected chi connectivity index (χ3v) is 5.44. The van der Waals surface area contributed by atoms with Crippen LogP contribution >= 0.6 is 0 Å². The van der Waals surface area contributed by atoms with Gasteiger partial charge in [0, 0.05) is 11.8 Å². The summed E-state index contributed by atoms with van der Waals surface area (Å²) in [6.07, 6.45) is 1.05. The molecule has 0 aromatic heterocycles. The Balaban J connectivity index is 2.24. The summed E-state index contributed by atoms with van der Waals surface area (Å²) in [5.41, 5.74) is 1.39. The molecule has 0 saturated heterocycles. The second kappa shape index (κ2) is 8.48. The minimum Gasteiger partial charge on any atom is -0.497 e. The lowest BCUT2D eigenvalue weighted by atomic mass is 10.1. The molecule has 152 valence electrons. The van der Waals surface area contributed by atoms with Crippen molar-refractivity contribution >= 4 is 31.4 Å². The molecular weight excluding hydrogens is 406 g/mol. The maximum absolute atomic E-state index is 12.6. The molecule has 11 heteroatoms. The summed E-state index contributed by atoms with van der Waals surface area (Å²) in [6, 6.07) is 10.7. The van der Waals surface area contributed by atoms with Gasteiger partial charge in [-0.15, -0.1) is 0 Å². The number of hydrogen-bond donors (Lipinski definition) is 2. The first kappa shape index (κ1) is 21.5. The first-order valence-electron chi connectivity index (χ1n) is 7.92. The second-order valence-corrected chi connectivity index (χ2v) is 9.14. The molecule has 2 rings (SSSR count). The van der Waals surface area contributed by atoms with Crippen molar-refractivity contribution in [2.45, 2.75) is 11.8 Å². The van der Waals surface area contributed by atoms with Crippen LogP contribution in [0.2, 0.25) is 0 Å². The third-order valence-electron chi connectivity index (χ3n) is 3.60. The average Bonchev–Trinajstić information content (AvgIpc) is 2.65. The van der Waals surface area contributed by atoms with Gasteiger partial charge in [0.25, 0.3) is 10.0 Å². The maximum Gasteiger partial charge on any atom is 0.280 e. The molecule has 0 radical (unpaired) electrons. The fourth-order valence-electron chi connectivity index (χ4n) is 2.23. The molecule has 0 atom stereocenters. The Kier molecular flexibility index (Phi) is 6.52. The number of hydrazone groups is 1. The van der Waals surface area contributed by atoms with E-state index < -0.39 is 20.0 Å². The van der Waals surface area contributed by atoms with Gasteiger partial charge in [0.05, 0.1) is 26.2 Å². The van der Waals surface area contributed by atoms with Crippen LogP contribution in [0.1, 0.15) is 12.5 Å². The van der Waals surface area contributed by atoms with Gasteiger partial charge in [-0.2, -0.15) is 18.4 Å². The standard InChI is InChI=1S/C17H21N3O6S2/c1-12(13-5-7-14(8-6-13)19-27(4,21)22)18-20-28(23,24)17-11-15(25-2)9-10-16(17)26-3/h5-11,19-20H,1-4H3/b18-12+. The fourth-order valence-corrected chi connectivity index (χ4v) is 3.84. The highest BCUT2D eigenvalue weighted by Gasteiger charge is 2.20. The number of hydrogen-bond acceptors (Lipinski definition) is 7. The Morgan fingerprint density at radius 2 is 1.61 bits per heavy atom. The number of benzene rings is 2. The average molecular weight is 428 g/mol. The van der Waals surface area contributed by atoms with E-state index in [0.29, 0.717) is 22.7 Å². The van der Waals surface area contributed by atoms with Gasteiger partial charge < -0.3 is 9.47 Å². The number of ether oxygens (including phenoxy) is 2. The van der Waals surface area contributed by atoms with Crippen molar-refractivity contribution < 1.29 is 26.3 Å². The van der Waals surface area contributed by atoms with Crippen LogP contribution in [-0.4, -0.2) is 43.0 Å². The number of nitrogens with zero attached hydrogens (tertiary/aromatic N) is 1. The summed E-state index contributed by atoms with van der Waals surface area (Å²) >= 11 is 0. The molecular formula is C17H21N3O6S2. The molecule has 0 unspecified atom stereocenters. The number of anilines is 1. The zero-order chi connectivity index (χ0) is 20.9. The van der Waals surface area contributed by atoms with Crippen LogP contribution in [0.25, 0.3) is 0 Å². The molecule has 0 aliphatic carbocycles. The van der Waals surface area contributed by atoms with Crippen LogP contribution in [0.4, 0.5) is 5.69 Å². The lowest BCUT2D eigenvalue weighted by Gasteiger charge is -2.11. The SMILES string of the molecule is COc1ccc(OC)c(S(=O)(=O)N/N=C(\C)c2ccc(NS(C)(=O)=O)cc2)c1. The van der Waals surface area contributed by atoms with Gasteiger partial charge >= 0.3 is 0 Å². The van der Waals surface area contributed by atoms with Crippen molar-refractivity contribution in [2.75, 3.05) is 25.2 Å². The van der Waals surface area contributed by atoms with E-state index in [1.54, 1.807) is 37.3 Å². The molecule has 0 aliphatic heterocycles. The first-order valence-corrected chi connectivity index (χ1v) is 11.3. The molecule has 28 heavy (non-hydrogen) atoms. The van der Waals surface area contributed by atoms with Crippen LogP contribution in [0, 0.1) is 0 Å². The molecule has 0 bridgehead atoms. The van der Waals surface area contributed by atoms with E-state index in [1.165, 1.54) is 26.4 Å². The molecule has 2 N–H and O–H groups in total. The van der Waals surface area contributed by atoms with Gasteiger partial charge in [-0.3, -0.25) is 4.72 Å². The Hall–Kier alpha value is -2.79. The number of methoxy groups -OCH3 is 2. The van der Waals surface area contributed by atoms with Crippen LogP contribution in [0.15, 0.2) is 52.5 Å². The summed E-state index contributed by atoms with van der Waals surface area (Å²) in [6.45, 7) is 1.62. The van der Waals surface area contributed by atoms with E-state index >= 15 is 0 Å². The summed E-state index contributed by atoms with van der Waals surface area (Å²) in [4.78, 5) is 2.05. The zero-order valence-electron chi connectivity index (χ0n) is 15.8. The normalized spacial score (nSPS) is 12.4. The number of sulfonamides is 2. The second-order valence-electron chi connectivity index (χ2n) is 5.76. The van der Waals surface area contributed by atoms with Gasteiger partial charge in [0.1, 0.15) is 16.4 Å². The number of nitrogens with one attached hydrogen (secondary N) is 2. The monoisotopic (exact) mass is 427 g/mol. The summed E-state index contributed by atoms with van der Waals surface area (Å²) in [5, 5.41) is 3.92. The first-order chi connectivity index (χ1) is 13.1. The topological polar surface area (TPSA) is 123 Å². The third kappa shape index (κ3) is 5.60. The predicted octanol–water partition coefficient (Wildman–Crippen LogP) is 1.78. The summed E-state index contributed by atoms with van der Waals surface area (Å²) < 4.78 is 60.2.